The lowest BCUT2D eigenvalue weighted by molar-refractivity contribution is -0.113. The van der Waals surface area contributed by atoms with Crippen molar-refractivity contribution in [2.45, 2.75) is 51.6 Å². The standard InChI is InChI=1S/C24H27N5O2S2/c1-5-19-26-23-21(15-8-6-14(3)11-18(15)33-23)22-27-28-24(29(19)22)32-12-20(30)25-16-10-13(2)7-9-17(16)31-4/h7,9-10,14H,5-6,8,11-12H2,1-4H3,(H,25,30). The normalized spacial score (nSPS) is 15.7. The van der Waals surface area contributed by atoms with E-state index in [0.29, 0.717) is 22.5 Å². The van der Waals surface area contributed by atoms with Crippen molar-refractivity contribution in [2.24, 2.45) is 5.92 Å². The van der Waals surface area contributed by atoms with Gasteiger partial charge in [0.15, 0.2) is 10.8 Å². The number of carbonyl (C=O) groups excluding carboxylic acids is 1. The molecule has 0 spiro atoms. The lowest BCUT2D eigenvalue weighted by Gasteiger charge is -2.17. The van der Waals surface area contributed by atoms with Crippen LogP contribution in [0.15, 0.2) is 23.4 Å². The summed E-state index contributed by atoms with van der Waals surface area (Å²) in [5.74, 6) is 2.38. The van der Waals surface area contributed by atoms with Crippen molar-refractivity contribution < 1.29 is 9.53 Å². The molecule has 7 nitrogen and oxygen atoms in total. The van der Waals surface area contributed by atoms with Crippen molar-refractivity contribution in [2.75, 3.05) is 18.2 Å². The van der Waals surface area contributed by atoms with Gasteiger partial charge in [-0.1, -0.05) is 31.7 Å². The molecule has 0 bridgehead atoms. The van der Waals surface area contributed by atoms with Gasteiger partial charge in [0.25, 0.3) is 0 Å². The molecule has 1 N–H and O–H groups in total. The second kappa shape index (κ2) is 8.95. The first-order chi connectivity index (χ1) is 16.0. The van der Waals surface area contributed by atoms with Crippen LogP contribution in [0.2, 0.25) is 0 Å². The number of thioether (sulfide) groups is 1. The monoisotopic (exact) mass is 481 g/mol. The number of nitrogens with one attached hydrogen (secondary N) is 1. The van der Waals surface area contributed by atoms with Crippen molar-refractivity contribution >= 4 is 50.6 Å². The van der Waals surface area contributed by atoms with Crippen LogP contribution in [0, 0.1) is 12.8 Å². The maximum Gasteiger partial charge on any atom is 0.234 e. The molecule has 33 heavy (non-hydrogen) atoms. The van der Waals surface area contributed by atoms with E-state index in [2.05, 4.69) is 29.4 Å². The summed E-state index contributed by atoms with van der Waals surface area (Å²) < 4.78 is 7.41. The Morgan fingerprint density at radius 1 is 1.36 bits per heavy atom. The summed E-state index contributed by atoms with van der Waals surface area (Å²) in [6.07, 6.45) is 4.14. The van der Waals surface area contributed by atoms with Gasteiger partial charge < -0.3 is 10.1 Å². The molecule has 1 amide bonds. The predicted molar refractivity (Wildman–Crippen MR) is 134 cm³/mol. The Morgan fingerprint density at radius 3 is 3.00 bits per heavy atom. The van der Waals surface area contributed by atoms with Gasteiger partial charge in [0.1, 0.15) is 16.4 Å². The number of methoxy groups -OCH3 is 1. The fourth-order valence-electron chi connectivity index (χ4n) is 4.44. The van der Waals surface area contributed by atoms with Gasteiger partial charge >= 0.3 is 0 Å². The highest BCUT2D eigenvalue weighted by Gasteiger charge is 2.25. The van der Waals surface area contributed by atoms with Crippen molar-refractivity contribution in [1.29, 1.82) is 0 Å². The van der Waals surface area contributed by atoms with Gasteiger partial charge in [-0.2, -0.15) is 0 Å². The molecule has 1 unspecified atom stereocenters. The number of amides is 1. The number of ether oxygens (including phenoxy) is 1. The zero-order valence-electron chi connectivity index (χ0n) is 19.3. The molecule has 4 aromatic rings. The van der Waals surface area contributed by atoms with Crippen molar-refractivity contribution in [3.8, 4) is 5.75 Å². The van der Waals surface area contributed by atoms with E-state index in [1.807, 2.05) is 29.5 Å². The van der Waals surface area contributed by atoms with Gasteiger partial charge in [-0.05, 0) is 55.4 Å². The minimum absolute atomic E-state index is 0.116. The van der Waals surface area contributed by atoms with E-state index in [1.54, 1.807) is 18.4 Å². The van der Waals surface area contributed by atoms with E-state index < -0.39 is 0 Å². The molecular formula is C24H27N5O2S2. The average molecular weight is 482 g/mol. The molecule has 3 heterocycles. The number of rotatable bonds is 6. The highest BCUT2D eigenvalue weighted by atomic mass is 32.2. The third-order valence-corrected chi connectivity index (χ3v) is 8.19. The van der Waals surface area contributed by atoms with E-state index in [-0.39, 0.29) is 11.7 Å². The predicted octanol–water partition coefficient (Wildman–Crippen LogP) is 5.07. The Bertz CT molecular complexity index is 1360. The zero-order valence-corrected chi connectivity index (χ0v) is 20.9. The third kappa shape index (κ3) is 4.08. The number of fused-ring (bicyclic) bond motifs is 5. The summed E-state index contributed by atoms with van der Waals surface area (Å²) in [5.41, 5.74) is 3.98. The van der Waals surface area contributed by atoms with Crippen LogP contribution in [0.4, 0.5) is 5.69 Å². The van der Waals surface area contributed by atoms with E-state index in [4.69, 9.17) is 9.72 Å². The topological polar surface area (TPSA) is 81.4 Å². The maximum absolute atomic E-state index is 12.7. The van der Waals surface area contributed by atoms with Crippen LogP contribution in [0.5, 0.6) is 5.75 Å². The van der Waals surface area contributed by atoms with Crippen molar-refractivity contribution in [1.82, 2.24) is 19.6 Å². The molecule has 5 rings (SSSR count). The number of anilines is 1. The Labute approximate surface area is 201 Å². The average Bonchev–Trinajstić information content (AvgIpc) is 3.37. The van der Waals surface area contributed by atoms with E-state index in [9.17, 15) is 4.79 Å². The highest BCUT2D eigenvalue weighted by molar-refractivity contribution is 7.99. The Hall–Kier alpha value is -2.65. The van der Waals surface area contributed by atoms with Gasteiger partial charge in [0, 0.05) is 11.3 Å². The largest absolute Gasteiger partial charge is 0.495 e. The smallest absolute Gasteiger partial charge is 0.234 e. The first-order valence-corrected chi connectivity index (χ1v) is 13.0. The van der Waals surface area contributed by atoms with Gasteiger partial charge in [-0.3, -0.25) is 9.20 Å². The molecule has 0 saturated heterocycles. The van der Waals surface area contributed by atoms with Crippen molar-refractivity contribution in [3.63, 3.8) is 0 Å². The lowest BCUT2D eigenvalue weighted by Crippen LogP contribution is -2.15. The number of aromatic nitrogens is 4. The summed E-state index contributed by atoms with van der Waals surface area (Å²) in [4.78, 5) is 20.2. The Morgan fingerprint density at radius 2 is 2.21 bits per heavy atom. The molecule has 3 aromatic heterocycles. The first-order valence-electron chi connectivity index (χ1n) is 11.2. The summed E-state index contributed by atoms with van der Waals surface area (Å²) in [6, 6.07) is 5.72. The molecule has 172 valence electrons. The molecule has 0 fully saturated rings. The van der Waals surface area contributed by atoms with E-state index >= 15 is 0 Å². The lowest BCUT2D eigenvalue weighted by atomic mass is 9.89. The first kappa shape index (κ1) is 22.2. The molecule has 1 aliphatic rings. The molecular weight excluding hydrogens is 454 g/mol. The van der Waals surface area contributed by atoms with Crippen molar-refractivity contribution in [3.05, 3.63) is 40.0 Å². The molecule has 0 radical (unpaired) electrons. The van der Waals surface area contributed by atoms with Crippen LogP contribution >= 0.6 is 23.1 Å². The molecule has 1 atom stereocenters. The number of hydrogen-bond donors (Lipinski definition) is 1. The second-order valence-electron chi connectivity index (χ2n) is 8.60. The quantitative estimate of drug-likeness (QED) is 0.387. The molecule has 0 aliphatic heterocycles. The third-order valence-electron chi connectivity index (χ3n) is 6.12. The summed E-state index contributed by atoms with van der Waals surface area (Å²) >= 11 is 3.19. The van der Waals surface area contributed by atoms with Crippen LogP contribution in [0.25, 0.3) is 15.9 Å². The van der Waals surface area contributed by atoms with Gasteiger partial charge in [0.2, 0.25) is 5.91 Å². The fraction of sp³-hybridized carbons (Fsp3) is 0.417. The molecule has 1 aliphatic carbocycles. The number of hydrogen-bond acceptors (Lipinski definition) is 7. The van der Waals surface area contributed by atoms with E-state index in [1.165, 1.54) is 28.6 Å². The number of aryl methyl sites for hydroxylation is 3. The minimum atomic E-state index is -0.116. The number of thiophene rings is 1. The summed E-state index contributed by atoms with van der Waals surface area (Å²) in [7, 11) is 1.60. The van der Waals surface area contributed by atoms with Crippen LogP contribution in [-0.2, 0) is 24.1 Å². The second-order valence-corrected chi connectivity index (χ2v) is 10.6. The van der Waals surface area contributed by atoms with Gasteiger partial charge in [-0.25, -0.2) is 4.98 Å². The molecule has 1 aromatic carbocycles. The van der Waals surface area contributed by atoms with Gasteiger partial charge in [-0.15, -0.1) is 21.5 Å². The maximum atomic E-state index is 12.7. The van der Waals surface area contributed by atoms with Crippen LogP contribution in [-0.4, -0.2) is 38.4 Å². The minimum Gasteiger partial charge on any atom is -0.495 e. The molecule has 0 saturated carbocycles. The van der Waals surface area contributed by atoms with Crippen LogP contribution in [0.3, 0.4) is 0 Å². The number of benzene rings is 1. The Balaban J connectivity index is 1.44. The summed E-state index contributed by atoms with van der Waals surface area (Å²) in [6.45, 7) is 6.39. The fourth-order valence-corrected chi connectivity index (χ4v) is 6.59. The number of nitrogens with zero attached hydrogens (tertiary/aromatic N) is 4. The van der Waals surface area contributed by atoms with Crippen LogP contribution in [0.1, 0.15) is 42.1 Å². The zero-order chi connectivity index (χ0) is 23.1. The van der Waals surface area contributed by atoms with Gasteiger partial charge in [0.05, 0.1) is 23.9 Å². The Kier molecular flexibility index (Phi) is 6.01. The van der Waals surface area contributed by atoms with E-state index in [0.717, 1.165) is 46.5 Å². The summed E-state index contributed by atoms with van der Waals surface area (Å²) in [5, 5.41) is 13.8. The SMILES string of the molecule is CCc1nc2sc3c(c2c2nnc(SCC(=O)Nc4cc(C)ccc4OC)n12)CCC(C)C3. The van der Waals surface area contributed by atoms with Crippen LogP contribution < -0.4 is 10.1 Å². The number of carbonyl (C=O) groups is 1. The molecule has 9 heteroatoms. The highest BCUT2D eigenvalue weighted by Crippen LogP contribution is 2.39.